The molecule has 1 aliphatic rings. The zero-order valence-electron chi connectivity index (χ0n) is 18.4. The van der Waals surface area contributed by atoms with Gasteiger partial charge in [-0.3, -0.25) is 14.4 Å². The maximum absolute atomic E-state index is 13.7. The Balaban J connectivity index is 1.24. The summed E-state index contributed by atoms with van der Waals surface area (Å²) in [6.45, 7) is 0.104. The predicted octanol–water partition coefficient (Wildman–Crippen LogP) is 3.70. The molecule has 1 fully saturated rings. The van der Waals surface area contributed by atoms with Crippen LogP contribution in [0.15, 0.2) is 72.8 Å². The van der Waals surface area contributed by atoms with Crippen molar-refractivity contribution in [1.29, 1.82) is 0 Å². The summed E-state index contributed by atoms with van der Waals surface area (Å²) in [7, 11) is 0. The van der Waals surface area contributed by atoms with Gasteiger partial charge in [-0.05, 0) is 61.4 Å². The van der Waals surface area contributed by atoms with Gasteiger partial charge in [0.05, 0.1) is 6.54 Å². The Hall–Kier alpha value is -4.20. The first-order valence-corrected chi connectivity index (χ1v) is 11.0. The third-order valence-electron chi connectivity index (χ3n) is 5.32. The van der Waals surface area contributed by atoms with Crippen molar-refractivity contribution in [3.63, 3.8) is 0 Å². The second-order valence-electron chi connectivity index (χ2n) is 8.08. The average molecular weight is 461 g/mol. The van der Waals surface area contributed by atoms with Crippen molar-refractivity contribution in [2.45, 2.75) is 25.4 Å². The summed E-state index contributed by atoms with van der Waals surface area (Å²) in [5, 5.41) is 11.4. The number of anilines is 2. The lowest BCUT2D eigenvalue weighted by molar-refractivity contribution is -0.114. The molecule has 4 N–H and O–H groups in total. The molecule has 0 spiro atoms. The molecule has 3 aromatic carbocycles. The topological polar surface area (TPSA) is 99.3 Å². The van der Waals surface area contributed by atoms with Gasteiger partial charge >= 0.3 is 0 Å². The third-order valence-corrected chi connectivity index (χ3v) is 5.32. The van der Waals surface area contributed by atoms with Crippen molar-refractivity contribution < 1.29 is 18.8 Å². The highest BCUT2D eigenvalue weighted by molar-refractivity contribution is 5.98. The van der Waals surface area contributed by atoms with E-state index in [0.29, 0.717) is 28.1 Å². The van der Waals surface area contributed by atoms with Gasteiger partial charge in [0.1, 0.15) is 5.82 Å². The van der Waals surface area contributed by atoms with E-state index in [1.807, 2.05) is 0 Å². The van der Waals surface area contributed by atoms with Gasteiger partial charge in [-0.25, -0.2) is 4.39 Å². The van der Waals surface area contributed by atoms with E-state index in [1.165, 1.54) is 6.07 Å². The van der Waals surface area contributed by atoms with Crippen molar-refractivity contribution >= 4 is 29.1 Å². The number of carbonyl (C=O) groups excluding carboxylic acids is 3. The van der Waals surface area contributed by atoms with Crippen molar-refractivity contribution in [3.8, 4) is 0 Å². The van der Waals surface area contributed by atoms with E-state index in [2.05, 4.69) is 21.3 Å². The van der Waals surface area contributed by atoms with E-state index >= 15 is 0 Å². The number of carbonyl (C=O) groups is 3. The summed E-state index contributed by atoms with van der Waals surface area (Å²) in [4.78, 5) is 36.8. The third kappa shape index (κ3) is 6.41. The minimum Gasteiger partial charge on any atom is -0.376 e. The summed E-state index contributed by atoms with van der Waals surface area (Å²) in [6, 6.07) is 20.0. The Bertz CT molecular complexity index is 1190. The molecule has 34 heavy (non-hydrogen) atoms. The van der Waals surface area contributed by atoms with Crippen molar-refractivity contribution in [3.05, 3.63) is 95.3 Å². The molecular weight excluding hydrogens is 435 g/mol. The molecule has 0 bridgehead atoms. The molecule has 0 unspecified atom stereocenters. The Morgan fingerprint density at radius 2 is 1.59 bits per heavy atom. The number of nitrogens with one attached hydrogen (secondary N) is 4. The molecule has 0 aromatic heterocycles. The van der Waals surface area contributed by atoms with Crippen LogP contribution in [-0.4, -0.2) is 30.3 Å². The standard InChI is InChI=1S/C26H25FN4O3/c27-23-7-2-1-4-19(23)15-29-25(33)17-8-10-20(11-9-17)28-16-24(32)30-22-6-3-5-18(14-22)26(34)31-21-12-13-21/h1-11,14,21,28H,12-13,15-16H2,(H,29,33)(H,30,32)(H,31,34). The number of amides is 3. The lowest BCUT2D eigenvalue weighted by Gasteiger charge is -2.10. The predicted molar refractivity (Wildman–Crippen MR) is 128 cm³/mol. The maximum atomic E-state index is 13.7. The fourth-order valence-electron chi connectivity index (χ4n) is 3.28. The first kappa shape index (κ1) is 23.0. The minimum atomic E-state index is -0.367. The smallest absolute Gasteiger partial charge is 0.251 e. The van der Waals surface area contributed by atoms with E-state index in [9.17, 15) is 18.8 Å². The second-order valence-corrected chi connectivity index (χ2v) is 8.08. The summed E-state index contributed by atoms with van der Waals surface area (Å²) >= 11 is 0. The van der Waals surface area contributed by atoms with E-state index in [0.717, 1.165) is 12.8 Å². The Labute approximate surface area is 196 Å². The quantitative estimate of drug-likeness (QED) is 0.391. The summed E-state index contributed by atoms with van der Waals surface area (Å²) in [5.74, 6) is -1.10. The van der Waals surface area contributed by atoms with Gasteiger partial charge in [-0.15, -0.1) is 0 Å². The molecule has 3 amide bonds. The van der Waals surface area contributed by atoms with Crippen LogP contribution >= 0.6 is 0 Å². The largest absolute Gasteiger partial charge is 0.376 e. The Kier molecular flexibility index (Phi) is 7.17. The molecule has 0 aliphatic heterocycles. The Morgan fingerprint density at radius 3 is 2.32 bits per heavy atom. The molecule has 0 atom stereocenters. The fourth-order valence-corrected chi connectivity index (χ4v) is 3.28. The lowest BCUT2D eigenvalue weighted by Crippen LogP contribution is -2.26. The summed E-state index contributed by atoms with van der Waals surface area (Å²) in [5.41, 5.74) is 2.54. The SMILES string of the molecule is O=C(CNc1ccc(C(=O)NCc2ccccc2F)cc1)Nc1cccc(C(=O)NC2CC2)c1. The van der Waals surface area contributed by atoms with Gasteiger partial charge < -0.3 is 21.3 Å². The van der Waals surface area contributed by atoms with Crippen LogP contribution in [0.4, 0.5) is 15.8 Å². The molecule has 3 aromatic rings. The van der Waals surface area contributed by atoms with E-state index in [4.69, 9.17) is 0 Å². The average Bonchev–Trinajstić information content (AvgIpc) is 3.66. The number of benzene rings is 3. The van der Waals surface area contributed by atoms with Crippen molar-refractivity contribution in [2.75, 3.05) is 17.2 Å². The molecular formula is C26H25FN4O3. The normalized spacial score (nSPS) is 12.5. The van der Waals surface area contributed by atoms with Gasteiger partial charge in [0.15, 0.2) is 0 Å². The fraction of sp³-hybridized carbons (Fsp3) is 0.192. The van der Waals surface area contributed by atoms with Gasteiger partial charge in [0.25, 0.3) is 11.8 Å². The summed E-state index contributed by atoms with van der Waals surface area (Å²) < 4.78 is 13.7. The lowest BCUT2D eigenvalue weighted by atomic mass is 10.1. The molecule has 4 rings (SSSR count). The first-order chi connectivity index (χ1) is 16.5. The highest BCUT2D eigenvalue weighted by Crippen LogP contribution is 2.20. The highest BCUT2D eigenvalue weighted by atomic mass is 19.1. The van der Waals surface area contributed by atoms with Crippen molar-refractivity contribution in [1.82, 2.24) is 10.6 Å². The summed E-state index contributed by atoms with van der Waals surface area (Å²) in [6.07, 6.45) is 2.01. The van der Waals surface area contributed by atoms with Crippen LogP contribution in [0.2, 0.25) is 0 Å². The van der Waals surface area contributed by atoms with Crippen LogP contribution in [0, 0.1) is 5.82 Å². The van der Waals surface area contributed by atoms with Crippen LogP contribution in [0.1, 0.15) is 39.1 Å². The number of halogens is 1. The number of rotatable bonds is 9. The van der Waals surface area contributed by atoms with Crippen LogP contribution in [0.3, 0.4) is 0 Å². The molecule has 0 radical (unpaired) electrons. The van der Waals surface area contributed by atoms with Crippen LogP contribution in [0.5, 0.6) is 0 Å². The van der Waals surface area contributed by atoms with Gasteiger partial charge in [-0.2, -0.15) is 0 Å². The van der Waals surface area contributed by atoms with Crippen LogP contribution < -0.4 is 21.3 Å². The van der Waals surface area contributed by atoms with Gasteiger partial charge in [0, 0.05) is 40.7 Å². The molecule has 0 saturated heterocycles. The zero-order chi connectivity index (χ0) is 23.9. The number of hydrogen-bond donors (Lipinski definition) is 4. The van der Waals surface area contributed by atoms with Gasteiger partial charge in [-0.1, -0.05) is 24.3 Å². The molecule has 7 nitrogen and oxygen atoms in total. The Morgan fingerprint density at radius 1 is 0.824 bits per heavy atom. The second kappa shape index (κ2) is 10.6. The minimum absolute atomic E-state index is 0.0112. The first-order valence-electron chi connectivity index (χ1n) is 11.0. The molecule has 174 valence electrons. The monoisotopic (exact) mass is 460 g/mol. The molecule has 8 heteroatoms. The molecule has 0 heterocycles. The zero-order valence-corrected chi connectivity index (χ0v) is 18.4. The number of hydrogen-bond acceptors (Lipinski definition) is 4. The maximum Gasteiger partial charge on any atom is 0.251 e. The van der Waals surface area contributed by atoms with Crippen LogP contribution in [0.25, 0.3) is 0 Å². The molecule has 1 saturated carbocycles. The van der Waals surface area contributed by atoms with Gasteiger partial charge in [0.2, 0.25) is 5.91 Å². The highest BCUT2D eigenvalue weighted by Gasteiger charge is 2.23. The van der Waals surface area contributed by atoms with Crippen molar-refractivity contribution in [2.24, 2.45) is 0 Å². The van der Waals surface area contributed by atoms with E-state index < -0.39 is 0 Å². The van der Waals surface area contributed by atoms with E-state index in [-0.39, 0.29) is 42.7 Å². The van der Waals surface area contributed by atoms with E-state index in [1.54, 1.807) is 66.7 Å². The molecule has 1 aliphatic carbocycles. The van der Waals surface area contributed by atoms with Crippen LogP contribution in [-0.2, 0) is 11.3 Å².